The SMILES string of the molecule is NC(C(=O)O)c1c(F)c(F)c(F)c(F)c1F. The van der Waals surface area contributed by atoms with E-state index in [-0.39, 0.29) is 0 Å². The summed E-state index contributed by atoms with van der Waals surface area (Å²) in [4.78, 5) is 10.3. The highest BCUT2D eigenvalue weighted by molar-refractivity contribution is 5.75. The first-order valence-corrected chi connectivity index (χ1v) is 3.78. The van der Waals surface area contributed by atoms with E-state index < -0.39 is 46.7 Å². The zero-order valence-electron chi connectivity index (χ0n) is 7.40. The van der Waals surface area contributed by atoms with Gasteiger partial charge in [-0.2, -0.15) is 0 Å². The molecule has 1 aromatic carbocycles. The molecule has 3 nitrogen and oxygen atoms in total. The molecular weight excluding hydrogens is 237 g/mol. The van der Waals surface area contributed by atoms with Crippen LogP contribution in [0, 0.1) is 29.1 Å². The maximum absolute atomic E-state index is 12.9. The fraction of sp³-hybridized carbons (Fsp3) is 0.125. The van der Waals surface area contributed by atoms with Crippen LogP contribution in [0.4, 0.5) is 22.0 Å². The van der Waals surface area contributed by atoms with Gasteiger partial charge in [0.25, 0.3) is 0 Å². The van der Waals surface area contributed by atoms with Crippen LogP contribution < -0.4 is 5.73 Å². The summed E-state index contributed by atoms with van der Waals surface area (Å²) in [5, 5.41) is 8.34. The molecule has 0 aliphatic rings. The highest BCUT2D eigenvalue weighted by Crippen LogP contribution is 2.26. The van der Waals surface area contributed by atoms with Crippen LogP contribution in [0.15, 0.2) is 0 Å². The molecule has 1 atom stereocenters. The number of benzene rings is 1. The topological polar surface area (TPSA) is 63.3 Å². The fourth-order valence-electron chi connectivity index (χ4n) is 1.02. The molecule has 0 fully saturated rings. The van der Waals surface area contributed by atoms with E-state index in [0.717, 1.165) is 0 Å². The van der Waals surface area contributed by atoms with Gasteiger partial charge in [-0.3, -0.25) is 4.79 Å². The lowest BCUT2D eigenvalue weighted by molar-refractivity contribution is -0.138. The van der Waals surface area contributed by atoms with Gasteiger partial charge in [-0.25, -0.2) is 22.0 Å². The van der Waals surface area contributed by atoms with E-state index >= 15 is 0 Å². The van der Waals surface area contributed by atoms with Crippen LogP contribution in [0.25, 0.3) is 0 Å². The summed E-state index contributed by atoms with van der Waals surface area (Å²) >= 11 is 0. The minimum absolute atomic E-state index is 1.57. The molecule has 1 aromatic rings. The van der Waals surface area contributed by atoms with E-state index in [0.29, 0.717) is 0 Å². The van der Waals surface area contributed by atoms with Gasteiger partial charge < -0.3 is 10.8 Å². The van der Waals surface area contributed by atoms with Gasteiger partial charge >= 0.3 is 5.97 Å². The van der Waals surface area contributed by atoms with E-state index in [1.54, 1.807) is 0 Å². The number of hydrogen-bond acceptors (Lipinski definition) is 2. The van der Waals surface area contributed by atoms with Gasteiger partial charge in [0.05, 0.1) is 5.56 Å². The Morgan fingerprint density at radius 2 is 1.25 bits per heavy atom. The van der Waals surface area contributed by atoms with Crippen LogP contribution in [0.3, 0.4) is 0 Å². The first kappa shape index (κ1) is 12.4. The summed E-state index contributed by atoms with van der Waals surface area (Å²) in [7, 11) is 0. The maximum Gasteiger partial charge on any atom is 0.325 e. The third-order valence-corrected chi connectivity index (χ3v) is 1.82. The highest BCUT2D eigenvalue weighted by atomic mass is 19.2. The third-order valence-electron chi connectivity index (χ3n) is 1.82. The van der Waals surface area contributed by atoms with Crippen molar-refractivity contribution in [1.82, 2.24) is 0 Å². The first-order chi connectivity index (χ1) is 7.29. The Labute approximate surface area is 85.3 Å². The van der Waals surface area contributed by atoms with Gasteiger partial charge in [0.1, 0.15) is 6.04 Å². The lowest BCUT2D eigenvalue weighted by atomic mass is 10.1. The average Bonchev–Trinajstić information content (AvgIpc) is 2.23. The van der Waals surface area contributed by atoms with Crippen molar-refractivity contribution in [2.24, 2.45) is 5.73 Å². The van der Waals surface area contributed by atoms with E-state index in [2.05, 4.69) is 0 Å². The number of aliphatic carboxylic acids is 1. The molecule has 0 saturated carbocycles. The fourth-order valence-corrected chi connectivity index (χ4v) is 1.02. The van der Waals surface area contributed by atoms with Crippen LogP contribution in [-0.2, 0) is 4.79 Å². The Morgan fingerprint density at radius 3 is 1.56 bits per heavy atom. The Balaban J connectivity index is 3.57. The molecule has 0 saturated heterocycles. The molecular formula is C8H4F5NO2. The number of carboxylic acids is 1. The van der Waals surface area contributed by atoms with E-state index in [1.165, 1.54) is 0 Å². The van der Waals surface area contributed by atoms with Crippen LogP contribution >= 0.6 is 0 Å². The number of rotatable bonds is 2. The van der Waals surface area contributed by atoms with E-state index in [1.807, 2.05) is 0 Å². The number of halogens is 5. The van der Waals surface area contributed by atoms with Crippen molar-refractivity contribution in [2.75, 3.05) is 0 Å². The van der Waals surface area contributed by atoms with Crippen LogP contribution in [0.1, 0.15) is 11.6 Å². The first-order valence-electron chi connectivity index (χ1n) is 3.78. The lowest BCUT2D eigenvalue weighted by Crippen LogP contribution is -2.25. The van der Waals surface area contributed by atoms with E-state index in [4.69, 9.17) is 10.8 Å². The number of hydrogen-bond donors (Lipinski definition) is 2. The largest absolute Gasteiger partial charge is 0.480 e. The predicted molar refractivity (Wildman–Crippen MR) is 40.8 cm³/mol. The number of carbonyl (C=O) groups is 1. The van der Waals surface area contributed by atoms with E-state index in [9.17, 15) is 26.7 Å². The van der Waals surface area contributed by atoms with Gasteiger partial charge in [0.15, 0.2) is 23.3 Å². The van der Waals surface area contributed by atoms with Crippen LogP contribution in [-0.4, -0.2) is 11.1 Å². The molecule has 0 aliphatic heterocycles. The van der Waals surface area contributed by atoms with Crippen molar-refractivity contribution in [1.29, 1.82) is 0 Å². The summed E-state index contributed by atoms with van der Waals surface area (Å²) in [6, 6.07) is -2.33. The molecule has 88 valence electrons. The molecule has 0 bridgehead atoms. The molecule has 0 aromatic heterocycles. The van der Waals surface area contributed by atoms with Gasteiger partial charge in [0, 0.05) is 0 Å². The second kappa shape index (κ2) is 4.05. The van der Waals surface area contributed by atoms with Crippen molar-refractivity contribution >= 4 is 5.97 Å². The molecule has 0 spiro atoms. The molecule has 0 aliphatic carbocycles. The molecule has 0 radical (unpaired) electrons. The molecule has 16 heavy (non-hydrogen) atoms. The monoisotopic (exact) mass is 241 g/mol. The van der Waals surface area contributed by atoms with Crippen LogP contribution in [0.2, 0.25) is 0 Å². The number of carboxylic acid groups (broad SMARTS) is 1. The van der Waals surface area contributed by atoms with Gasteiger partial charge in [-0.1, -0.05) is 0 Å². The second-order valence-corrected chi connectivity index (χ2v) is 2.80. The summed E-state index contributed by atoms with van der Waals surface area (Å²) in [5.74, 6) is -13.2. The van der Waals surface area contributed by atoms with Crippen molar-refractivity contribution < 1.29 is 31.9 Å². The molecule has 0 heterocycles. The standard InChI is InChI=1S/C8H4F5NO2/c9-2-1(7(14)8(15)16)3(10)5(12)6(13)4(2)11/h7H,14H2,(H,15,16). The highest BCUT2D eigenvalue weighted by Gasteiger charge is 2.31. The van der Waals surface area contributed by atoms with Crippen molar-refractivity contribution in [2.45, 2.75) is 6.04 Å². The lowest BCUT2D eigenvalue weighted by Gasteiger charge is -2.11. The minimum atomic E-state index is -2.36. The Hall–Kier alpha value is -1.70. The zero-order chi connectivity index (χ0) is 12.6. The summed E-state index contributed by atoms with van der Waals surface area (Å²) in [6.07, 6.45) is 0. The van der Waals surface area contributed by atoms with Gasteiger partial charge in [0.2, 0.25) is 5.82 Å². The normalized spacial score (nSPS) is 12.6. The summed E-state index contributed by atoms with van der Waals surface area (Å²) in [5.41, 5.74) is 3.23. The quantitative estimate of drug-likeness (QED) is 0.468. The predicted octanol–water partition coefficient (Wildman–Crippen LogP) is 1.47. The van der Waals surface area contributed by atoms with Gasteiger partial charge in [-0.05, 0) is 0 Å². The average molecular weight is 241 g/mol. The minimum Gasteiger partial charge on any atom is -0.480 e. The molecule has 8 heteroatoms. The zero-order valence-corrected chi connectivity index (χ0v) is 7.40. The smallest absolute Gasteiger partial charge is 0.325 e. The summed E-state index contributed by atoms with van der Waals surface area (Å²) in [6.45, 7) is 0. The molecule has 0 amide bonds. The molecule has 1 unspecified atom stereocenters. The van der Waals surface area contributed by atoms with Crippen molar-refractivity contribution in [3.63, 3.8) is 0 Å². The number of nitrogens with two attached hydrogens (primary N) is 1. The Morgan fingerprint density at radius 1 is 0.938 bits per heavy atom. The third kappa shape index (κ3) is 1.71. The second-order valence-electron chi connectivity index (χ2n) is 2.80. The molecule has 1 rings (SSSR count). The Bertz CT molecular complexity index is 433. The van der Waals surface area contributed by atoms with Crippen molar-refractivity contribution in [3.8, 4) is 0 Å². The van der Waals surface area contributed by atoms with Gasteiger partial charge in [-0.15, -0.1) is 0 Å². The summed E-state index contributed by atoms with van der Waals surface area (Å²) < 4.78 is 63.7. The van der Waals surface area contributed by atoms with Crippen LogP contribution in [0.5, 0.6) is 0 Å². The maximum atomic E-state index is 12.9. The molecule has 3 N–H and O–H groups in total. The Kier molecular flexibility index (Phi) is 3.13. The van der Waals surface area contributed by atoms with Crippen molar-refractivity contribution in [3.05, 3.63) is 34.6 Å².